The molecule has 2 heterocycles. The number of thiazole rings is 1. The lowest BCUT2D eigenvalue weighted by molar-refractivity contribution is 0.233. The monoisotopic (exact) mass is 385 g/mol. The molecule has 1 aromatic heterocycles. The largest absolute Gasteiger partial charge is 0.342 e. The van der Waals surface area contributed by atoms with Crippen molar-refractivity contribution in [1.29, 1.82) is 0 Å². The Kier molecular flexibility index (Phi) is 5.73. The zero-order valence-corrected chi connectivity index (χ0v) is 16.5. The Morgan fingerprint density at radius 1 is 1.04 bits per heavy atom. The van der Waals surface area contributed by atoms with Crippen LogP contribution in [-0.2, 0) is 6.54 Å². The maximum absolute atomic E-state index is 6.16. The van der Waals surface area contributed by atoms with Crippen molar-refractivity contribution in [3.05, 3.63) is 59.1 Å². The molecule has 1 aliphatic heterocycles. The normalized spacial score (nSPS) is 15.4. The van der Waals surface area contributed by atoms with Gasteiger partial charge in [0.2, 0.25) is 0 Å². The highest BCUT2D eigenvalue weighted by Gasteiger charge is 2.16. The summed E-state index contributed by atoms with van der Waals surface area (Å²) in [6.45, 7) is 5.46. The summed E-state index contributed by atoms with van der Waals surface area (Å²) in [5.41, 5.74) is 2.36. The van der Waals surface area contributed by atoms with Crippen LogP contribution in [0.1, 0.15) is 24.8 Å². The molecule has 0 bridgehead atoms. The minimum Gasteiger partial charge on any atom is -0.342 e. The molecule has 0 aliphatic carbocycles. The van der Waals surface area contributed by atoms with Crippen LogP contribution in [-0.4, -0.2) is 36.1 Å². The second kappa shape index (κ2) is 8.38. The Labute approximate surface area is 164 Å². The van der Waals surface area contributed by atoms with E-state index in [2.05, 4.69) is 40.1 Å². The van der Waals surface area contributed by atoms with E-state index in [9.17, 15) is 0 Å². The van der Waals surface area contributed by atoms with Crippen LogP contribution in [0.5, 0.6) is 0 Å². The number of aromatic nitrogens is 1. The molecule has 0 unspecified atom stereocenters. The third kappa shape index (κ3) is 4.37. The molecule has 1 saturated heterocycles. The second-order valence-corrected chi connectivity index (χ2v) is 8.36. The van der Waals surface area contributed by atoms with E-state index < -0.39 is 0 Å². The molecule has 3 nitrogen and oxygen atoms in total. The molecule has 3 aromatic rings. The summed E-state index contributed by atoms with van der Waals surface area (Å²) in [5, 5.41) is 1.86. The van der Waals surface area contributed by atoms with Gasteiger partial charge in [-0.05, 0) is 49.7 Å². The van der Waals surface area contributed by atoms with Gasteiger partial charge in [0.25, 0.3) is 0 Å². The molecule has 2 aromatic carbocycles. The molecule has 0 spiro atoms. The molecule has 0 atom stereocenters. The van der Waals surface area contributed by atoms with E-state index in [4.69, 9.17) is 16.6 Å². The fourth-order valence-corrected chi connectivity index (χ4v) is 4.78. The van der Waals surface area contributed by atoms with E-state index in [1.807, 2.05) is 18.2 Å². The highest BCUT2D eigenvalue weighted by molar-refractivity contribution is 7.22. The van der Waals surface area contributed by atoms with E-state index >= 15 is 0 Å². The Morgan fingerprint density at radius 3 is 2.65 bits per heavy atom. The highest BCUT2D eigenvalue weighted by atomic mass is 35.5. The topological polar surface area (TPSA) is 19.4 Å². The van der Waals surface area contributed by atoms with Crippen LogP contribution in [0.25, 0.3) is 10.2 Å². The third-order valence-corrected chi connectivity index (χ3v) is 6.27. The van der Waals surface area contributed by atoms with Gasteiger partial charge in [-0.1, -0.05) is 59.7 Å². The van der Waals surface area contributed by atoms with Crippen LogP contribution in [0.2, 0.25) is 5.02 Å². The molecule has 4 rings (SSSR count). The molecule has 26 heavy (non-hydrogen) atoms. The lowest BCUT2D eigenvalue weighted by Gasteiger charge is -2.30. The summed E-state index contributed by atoms with van der Waals surface area (Å²) < 4.78 is 1.16. The van der Waals surface area contributed by atoms with Crippen LogP contribution in [0, 0.1) is 0 Å². The zero-order valence-electron chi connectivity index (χ0n) is 14.9. The smallest absolute Gasteiger partial charge is 0.186 e. The fraction of sp³-hybridized carbons (Fsp3) is 0.381. The Balaban J connectivity index is 1.55. The Hall–Kier alpha value is -1.62. The van der Waals surface area contributed by atoms with Gasteiger partial charge in [0, 0.05) is 24.7 Å². The number of benzene rings is 2. The number of halogens is 1. The van der Waals surface area contributed by atoms with Crippen molar-refractivity contribution in [1.82, 2.24) is 9.88 Å². The number of hydrogen-bond donors (Lipinski definition) is 0. The molecule has 1 fully saturated rings. The van der Waals surface area contributed by atoms with Gasteiger partial charge in [-0.2, -0.15) is 0 Å². The molecule has 0 saturated carbocycles. The first kappa shape index (κ1) is 17.8. The Morgan fingerprint density at radius 2 is 1.85 bits per heavy atom. The lowest BCUT2D eigenvalue weighted by atomic mass is 10.1. The predicted molar refractivity (Wildman–Crippen MR) is 112 cm³/mol. The van der Waals surface area contributed by atoms with Gasteiger partial charge in [0.15, 0.2) is 5.13 Å². The number of rotatable bonds is 6. The average molecular weight is 386 g/mol. The zero-order chi connectivity index (χ0) is 17.8. The standard InChI is InChI=1S/C21H24ClN3S/c22-18-9-10-19-20(15-18)26-21(23-19)25(16-17-7-3-1-4-8-17)14-13-24-11-5-2-6-12-24/h1,3-4,7-10,15H,2,5-6,11-14,16H2. The first-order valence-electron chi connectivity index (χ1n) is 9.35. The maximum Gasteiger partial charge on any atom is 0.186 e. The number of nitrogens with zero attached hydrogens (tertiary/aromatic N) is 3. The van der Waals surface area contributed by atoms with Gasteiger partial charge in [-0.15, -0.1) is 0 Å². The van der Waals surface area contributed by atoms with Gasteiger partial charge in [-0.25, -0.2) is 4.98 Å². The second-order valence-electron chi connectivity index (χ2n) is 6.92. The van der Waals surface area contributed by atoms with Gasteiger partial charge in [-0.3, -0.25) is 0 Å². The van der Waals surface area contributed by atoms with E-state index in [1.54, 1.807) is 11.3 Å². The minimum absolute atomic E-state index is 0.774. The van der Waals surface area contributed by atoms with Crippen molar-refractivity contribution in [2.24, 2.45) is 0 Å². The maximum atomic E-state index is 6.16. The Bertz CT molecular complexity index is 843. The predicted octanol–water partition coefficient (Wildman–Crippen LogP) is 5.44. The molecule has 1 aliphatic rings. The molecule has 136 valence electrons. The van der Waals surface area contributed by atoms with Crippen molar-refractivity contribution in [2.45, 2.75) is 25.8 Å². The number of fused-ring (bicyclic) bond motifs is 1. The summed E-state index contributed by atoms with van der Waals surface area (Å²) >= 11 is 7.90. The number of piperidine rings is 1. The van der Waals surface area contributed by atoms with Crippen LogP contribution in [0.4, 0.5) is 5.13 Å². The molecule has 0 radical (unpaired) electrons. The number of likely N-dealkylation sites (tertiary alicyclic amines) is 1. The molecule has 0 N–H and O–H groups in total. The molecular formula is C21H24ClN3S. The van der Waals surface area contributed by atoms with E-state index in [1.165, 1.54) is 37.9 Å². The summed E-state index contributed by atoms with van der Waals surface area (Å²) in [6.07, 6.45) is 4.04. The van der Waals surface area contributed by atoms with Gasteiger partial charge >= 0.3 is 0 Å². The van der Waals surface area contributed by atoms with E-state index in [0.29, 0.717) is 0 Å². The first-order chi connectivity index (χ1) is 12.8. The van der Waals surface area contributed by atoms with Crippen LogP contribution in [0.15, 0.2) is 48.5 Å². The van der Waals surface area contributed by atoms with E-state index in [-0.39, 0.29) is 0 Å². The average Bonchev–Trinajstić information content (AvgIpc) is 3.10. The van der Waals surface area contributed by atoms with Gasteiger partial charge in [0.05, 0.1) is 10.2 Å². The van der Waals surface area contributed by atoms with Crippen molar-refractivity contribution in [3.63, 3.8) is 0 Å². The van der Waals surface area contributed by atoms with Crippen molar-refractivity contribution < 1.29 is 0 Å². The first-order valence-corrected chi connectivity index (χ1v) is 10.5. The molecule has 0 amide bonds. The molecular weight excluding hydrogens is 362 g/mol. The number of anilines is 1. The van der Waals surface area contributed by atoms with E-state index in [0.717, 1.165) is 40.0 Å². The van der Waals surface area contributed by atoms with Gasteiger partial charge in [0.1, 0.15) is 0 Å². The van der Waals surface area contributed by atoms with Crippen LogP contribution < -0.4 is 4.90 Å². The molecule has 5 heteroatoms. The lowest BCUT2D eigenvalue weighted by Crippen LogP contribution is -2.37. The van der Waals surface area contributed by atoms with Gasteiger partial charge < -0.3 is 9.80 Å². The van der Waals surface area contributed by atoms with Crippen LogP contribution in [0.3, 0.4) is 0 Å². The summed E-state index contributed by atoms with van der Waals surface area (Å²) in [6, 6.07) is 16.6. The highest BCUT2D eigenvalue weighted by Crippen LogP contribution is 2.31. The van der Waals surface area contributed by atoms with Crippen molar-refractivity contribution in [2.75, 3.05) is 31.1 Å². The summed E-state index contributed by atoms with van der Waals surface area (Å²) in [5.74, 6) is 0. The van der Waals surface area contributed by atoms with Crippen molar-refractivity contribution in [3.8, 4) is 0 Å². The summed E-state index contributed by atoms with van der Waals surface area (Å²) in [7, 11) is 0. The quantitative estimate of drug-likeness (QED) is 0.563. The van der Waals surface area contributed by atoms with Crippen molar-refractivity contribution >= 4 is 38.3 Å². The number of hydrogen-bond acceptors (Lipinski definition) is 4. The SMILES string of the molecule is Clc1ccc2nc(N(CCN3CCCCC3)Cc3ccccc3)sc2c1. The van der Waals surface area contributed by atoms with Crippen LogP contribution >= 0.6 is 22.9 Å². The summed E-state index contributed by atoms with van der Waals surface area (Å²) in [4.78, 5) is 9.89. The third-order valence-electron chi connectivity index (χ3n) is 4.96. The minimum atomic E-state index is 0.774. The fourth-order valence-electron chi connectivity index (χ4n) is 3.51.